The van der Waals surface area contributed by atoms with E-state index in [4.69, 9.17) is 32.8 Å². The number of nitrogens with zero attached hydrogens (tertiary/aromatic N) is 1. The number of hydrogen-bond acceptors (Lipinski definition) is 4. The molecule has 0 N–H and O–H groups in total. The number of ether oxygens (including phenoxy) is 1. The molecule has 1 aliphatic heterocycles. The van der Waals surface area contributed by atoms with Gasteiger partial charge in [-0.3, -0.25) is 0 Å². The average molecular weight is 518 g/mol. The van der Waals surface area contributed by atoms with Crippen molar-refractivity contribution in [3.63, 3.8) is 0 Å². The molecule has 0 radical (unpaired) electrons. The second-order valence-corrected chi connectivity index (χ2v) is 8.30. The Morgan fingerprint density at radius 2 is 1.79 bits per heavy atom. The Labute approximate surface area is 199 Å². The fourth-order valence-electron chi connectivity index (χ4n) is 3.87. The van der Waals surface area contributed by atoms with E-state index in [1.165, 1.54) is 19.2 Å². The van der Waals surface area contributed by atoms with Crippen molar-refractivity contribution >= 4 is 45.7 Å². The number of benzene rings is 3. The number of esters is 1. The summed E-state index contributed by atoms with van der Waals surface area (Å²) in [6, 6.07) is 11.0. The fourth-order valence-corrected chi connectivity index (χ4v) is 4.31. The minimum Gasteiger partial charge on any atom is -0.465 e. The molecule has 1 heterocycles. The second kappa shape index (κ2) is 8.70. The van der Waals surface area contributed by atoms with Gasteiger partial charge in [-0.25, -0.2) is 13.6 Å². The van der Waals surface area contributed by atoms with Crippen molar-refractivity contribution in [2.24, 2.45) is 5.16 Å². The van der Waals surface area contributed by atoms with Gasteiger partial charge in [0.1, 0.15) is 0 Å². The van der Waals surface area contributed by atoms with E-state index in [-0.39, 0.29) is 11.3 Å². The van der Waals surface area contributed by atoms with E-state index in [2.05, 4.69) is 5.16 Å². The van der Waals surface area contributed by atoms with Crippen LogP contribution in [0.5, 0.6) is 0 Å². The van der Waals surface area contributed by atoms with E-state index in [0.717, 1.165) is 6.07 Å². The molecule has 1 unspecified atom stereocenters. The lowest BCUT2D eigenvalue weighted by molar-refractivity contribution is -0.140. The molecule has 0 amide bonds. The van der Waals surface area contributed by atoms with Crippen LogP contribution in [0.25, 0.3) is 10.8 Å². The Bertz CT molecular complexity index is 1330. The van der Waals surface area contributed by atoms with Gasteiger partial charge in [0, 0.05) is 17.5 Å². The number of fused-ring (bicyclic) bond motifs is 1. The Balaban J connectivity index is 1.82. The van der Waals surface area contributed by atoms with E-state index in [9.17, 15) is 26.7 Å². The quantitative estimate of drug-likeness (QED) is 0.270. The lowest BCUT2D eigenvalue weighted by Crippen LogP contribution is -2.35. The van der Waals surface area contributed by atoms with Crippen molar-refractivity contribution in [2.75, 3.05) is 7.11 Å². The zero-order valence-electron chi connectivity index (χ0n) is 17.2. The van der Waals surface area contributed by atoms with Crippen LogP contribution in [0.15, 0.2) is 53.7 Å². The second-order valence-electron chi connectivity index (χ2n) is 7.51. The van der Waals surface area contributed by atoms with Gasteiger partial charge in [0.2, 0.25) is 5.60 Å². The molecule has 0 aliphatic carbocycles. The Morgan fingerprint density at radius 3 is 2.41 bits per heavy atom. The van der Waals surface area contributed by atoms with Crippen molar-refractivity contribution < 1.29 is 36.3 Å². The van der Waals surface area contributed by atoms with Gasteiger partial charge in [0.25, 0.3) is 6.43 Å². The summed E-state index contributed by atoms with van der Waals surface area (Å²) in [5.74, 6) is -0.593. The summed E-state index contributed by atoms with van der Waals surface area (Å²) in [7, 11) is 1.23. The number of oxime groups is 1. The topological polar surface area (TPSA) is 47.9 Å². The van der Waals surface area contributed by atoms with Crippen LogP contribution < -0.4 is 0 Å². The molecule has 0 spiro atoms. The third-order valence-corrected chi connectivity index (χ3v) is 6.37. The first kappa shape index (κ1) is 24.2. The van der Waals surface area contributed by atoms with Gasteiger partial charge in [-0.1, -0.05) is 58.7 Å². The minimum absolute atomic E-state index is 0.0625. The molecular formula is C23H14Cl2F5NO3. The molecule has 4 rings (SSSR count). The maximum absolute atomic E-state index is 14.3. The predicted octanol–water partition coefficient (Wildman–Crippen LogP) is 7.24. The molecule has 3 aromatic carbocycles. The first-order chi connectivity index (χ1) is 16.0. The van der Waals surface area contributed by atoms with E-state index in [1.54, 1.807) is 24.3 Å². The summed E-state index contributed by atoms with van der Waals surface area (Å²) < 4.78 is 73.8. The van der Waals surface area contributed by atoms with Crippen LogP contribution in [-0.4, -0.2) is 25.2 Å². The van der Waals surface area contributed by atoms with Crippen LogP contribution in [0, 0.1) is 0 Å². The first-order valence-corrected chi connectivity index (χ1v) is 10.5. The number of carbonyl (C=O) groups is 1. The summed E-state index contributed by atoms with van der Waals surface area (Å²) in [4.78, 5) is 17.3. The number of alkyl halides is 5. The highest BCUT2D eigenvalue weighted by Gasteiger charge is 2.51. The van der Waals surface area contributed by atoms with Gasteiger partial charge >= 0.3 is 12.1 Å². The summed E-state index contributed by atoms with van der Waals surface area (Å²) in [5.41, 5.74) is -3.71. The molecule has 0 fully saturated rings. The highest BCUT2D eigenvalue weighted by atomic mass is 35.5. The zero-order chi connectivity index (χ0) is 24.8. The number of methoxy groups -OCH3 is 1. The maximum Gasteiger partial charge on any atom is 0.417 e. The molecule has 4 nitrogen and oxygen atoms in total. The van der Waals surface area contributed by atoms with E-state index in [0.29, 0.717) is 22.4 Å². The van der Waals surface area contributed by atoms with Crippen LogP contribution in [0.2, 0.25) is 10.0 Å². The fraction of sp³-hybridized carbons (Fsp3) is 0.217. The van der Waals surface area contributed by atoms with Gasteiger partial charge in [-0.2, -0.15) is 13.2 Å². The van der Waals surface area contributed by atoms with Gasteiger partial charge in [-0.15, -0.1) is 0 Å². The molecule has 178 valence electrons. The Morgan fingerprint density at radius 1 is 1.12 bits per heavy atom. The van der Waals surface area contributed by atoms with Crippen molar-refractivity contribution in [2.45, 2.75) is 24.6 Å². The summed E-state index contributed by atoms with van der Waals surface area (Å²) in [6.45, 7) is 0. The van der Waals surface area contributed by atoms with Gasteiger partial charge in [-0.05, 0) is 29.0 Å². The van der Waals surface area contributed by atoms with Crippen molar-refractivity contribution in [1.29, 1.82) is 0 Å². The third-order valence-electron chi connectivity index (χ3n) is 5.56. The third kappa shape index (κ3) is 3.96. The molecule has 3 aromatic rings. The number of rotatable bonds is 4. The maximum atomic E-state index is 14.3. The van der Waals surface area contributed by atoms with Gasteiger partial charge in [0.15, 0.2) is 0 Å². The van der Waals surface area contributed by atoms with Crippen molar-refractivity contribution in [3.8, 4) is 0 Å². The van der Waals surface area contributed by atoms with E-state index in [1.807, 2.05) is 0 Å². The van der Waals surface area contributed by atoms with Gasteiger partial charge < -0.3 is 9.57 Å². The molecule has 0 saturated carbocycles. The predicted molar refractivity (Wildman–Crippen MR) is 117 cm³/mol. The van der Waals surface area contributed by atoms with Gasteiger partial charge in [0.05, 0.1) is 34.0 Å². The molecular weight excluding hydrogens is 504 g/mol. The zero-order valence-corrected chi connectivity index (χ0v) is 18.7. The number of halogens is 7. The standard InChI is InChI=1S/C23H14Cl2F5NO3/c1-33-20(32)15-7-6-14(12-4-2-3-5-13(12)15)18-10-22(21(26)27,34-31-18)11-8-16(23(28,29)30)19(25)17(24)9-11/h2-9,21H,10H2,1H3. The van der Waals surface area contributed by atoms with Crippen LogP contribution in [0.1, 0.15) is 33.5 Å². The van der Waals surface area contributed by atoms with Crippen LogP contribution >= 0.6 is 23.2 Å². The molecule has 1 aliphatic rings. The van der Waals surface area contributed by atoms with E-state index < -0.39 is 51.8 Å². The normalized spacial score (nSPS) is 18.2. The highest BCUT2D eigenvalue weighted by Crippen LogP contribution is 2.47. The number of carbonyl (C=O) groups excluding carboxylic acids is 1. The van der Waals surface area contributed by atoms with Crippen molar-refractivity contribution in [3.05, 3.63) is 80.8 Å². The van der Waals surface area contributed by atoms with E-state index >= 15 is 0 Å². The Kier molecular flexibility index (Phi) is 6.20. The molecule has 34 heavy (non-hydrogen) atoms. The van der Waals surface area contributed by atoms with Crippen LogP contribution in [-0.2, 0) is 21.4 Å². The van der Waals surface area contributed by atoms with Crippen LogP contribution in [0.3, 0.4) is 0 Å². The Hall–Kier alpha value is -2.91. The average Bonchev–Trinajstić information content (AvgIpc) is 3.25. The highest BCUT2D eigenvalue weighted by molar-refractivity contribution is 6.42. The summed E-state index contributed by atoms with van der Waals surface area (Å²) in [5, 5.41) is 3.45. The largest absolute Gasteiger partial charge is 0.465 e. The molecule has 0 saturated heterocycles. The summed E-state index contributed by atoms with van der Waals surface area (Å²) in [6.07, 6.45) is -8.74. The molecule has 0 aromatic heterocycles. The molecule has 11 heteroatoms. The summed E-state index contributed by atoms with van der Waals surface area (Å²) >= 11 is 11.5. The smallest absolute Gasteiger partial charge is 0.417 e. The first-order valence-electron chi connectivity index (χ1n) is 9.70. The monoisotopic (exact) mass is 517 g/mol. The minimum atomic E-state index is -4.93. The number of hydrogen-bond donors (Lipinski definition) is 0. The SMILES string of the molecule is COC(=O)c1ccc(C2=NOC(c3cc(Cl)c(Cl)c(C(F)(F)F)c3)(C(F)F)C2)c2ccccc12. The lowest BCUT2D eigenvalue weighted by Gasteiger charge is -2.27. The lowest BCUT2D eigenvalue weighted by atomic mass is 9.85. The van der Waals surface area contributed by atoms with Crippen molar-refractivity contribution in [1.82, 2.24) is 0 Å². The van der Waals surface area contributed by atoms with Crippen LogP contribution in [0.4, 0.5) is 22.0 Å². The molecule has 0 bridgehead atoms. The molecule has 1 atom stereocenters.